The van der Waals surface area contributed by atoms with Gasteiger partial charge in [-0.2, -0.15) is 12.7 Å². The molecular weight excluding hydrogens is 288 g/mol. The molecule has 0 saturated heterocycles. The Morgan fingerprint density at radius 3 is 2.48 bits per heavy atom. The van der Waals surface area contributed by atoms with Gasteiger partial charge in [0.15, 0.2) is 0 Å². The first kappa shape index (κ1) is 16.3. The van der Waals surface area contributed by atoms with Crippen molar-refractivity contribution < 1.29 is 13.5 Å². The maximum atomic E-state index is 12.5. The minimum atomic E-state index is -3.60. The summed E-state index contributed by atoms with van der Waals surface area (Å²) >= 11 is 0. The second kappa shape index (κ2) is 6.77. The Morgan fingerprint density at radius 2 is 1.86 bits per heavy atom. The average Bonchev–Trinajstić information content (AvgIpc) is 2.47. The van der Waals surface area contributed by atoms with E-state index in [1.807, 2.05) is 0 Å². The maximum Gasteiger partial charge on any atom is 0.301 e. The normalized spacial score (nSPS) is 18.7. The molecule has 1 aromatic rings. The zero-order valence-electron chi connectivity index (χ0n) is 12.6. The number of hydrogen-bond acceptors (Lipinski definition) is 3. The molecule has 0 bridgehead atoms. The van der Waals surface area contributed by atoms with Crippen LogP contribution in [-0.2, 0) is 10.2 Å². The van der Waals surface area contributed by atoms with E-state index in [4.69, 9.17) is 0 Å². The Hall–Kier alpha value is -1.11. The van der Waals surface area contributed by atoms with Crippen LogP contribution in [0.2, 0.25) is 0 Å². The van der Waals surface area contributed by atoms with Crippen LogP contribution in [-0.4, -0.2) is 30.9 Å². The van der Waals surface area contributed by atoms with Gasteiger partial charge in [-0.25, -0.2) is 0 Å². The Morgan fingerprint density at radius 1 is 1.24 bits per heavy atom. The predicted molar refractivity (Wildman–Crippen MR) is 84.3 cm³/mol. The van der Waals surface area contributed by atoms with Crippen LogP contribution in [0.25, 0.3) is 0 Å². The summed E-state index contributed by atoms with van der Waals surface area (Å²) in [5, 5.41) is 9.74. The Labute approximate surface area is 127 Å². The molecule has 0 aromatic heterocycles. The molecule has 1 aromatic carbocycles. The summed E-state index contributed by atoms with van der Waals surface area (Å²) in [5.41, 5.74) is 1.02. The number of anilines is 1. The highest BCUT2D eigenvalue weighted by Gasteiger charge is 2.28. The van der Waals surface area contributed by atoms with Crippen LogP contribution >= 0.6 is 0 Å². The van der Waals surface area contributed by atoms with Crippen molar-refractivity contribution in [3.63, 3.8) is 0 Å². The first-order valence-electron chi connectivity index (χ1n) is 7.44. The van der Waals surface area contributed by atoms with Gasteiger partial charge in [-0.1, -0.05) is 37.5 Å². The monoisotopic (exact) mass is 312 g/mol. The molecule has 1 unspecified atom stereocenters. The van der Waals surface area contributed by atoms with E-state index in [0.29, 0.717) is 11.3 Å². The quantitative estimate of drug-likeness (QED) is 0.878. The molecule has 0 heterocycles. The first-order chi connectivity index (χ1) is 9.92. The lowest BCUT2D eigenvalue weighted by Crippen LogP contribution is -2.41. The molecular formula is C15H24N2O3S. The molecule has 1 fully saturated rings. The highest BCUT2D eigenvalue weighted by molar-refractivity contribution is 7.90. The number of aliphatic hydroxyl groups is 1. The number of hydrogen-bond donors (Lipinski definition) is 2. The average molecular weight is 312 g/mol. The summed E-state index contributed by atoms with van der Waals surface area (Å²) in [7, 11) is -1.97. The molecule has 0 amide bonds. The van der Waals surface area contributed by atoms with Gasteiger partial charge in [0.2, 0.25) is 0 Å². The van der Waals surface area contributed by atoms with E-state index in [1.165, 1.54) is 10.7 Å². The van der Waals surface area contributed by atoms with Crippen molar-refractivity contribution in [1.29, 1.82) is 0 Å². The molecule has 0 aliphatic heterocycles. The third-order valence-corrected chi connectivity index (χ3v) is 5.65. The summed E-state index contributed by atoms with van der Waals surface area (Å²) in [4.78, 5) is 0. The fourth-order valence-corrected chi connectivity index (χ4v) is 4.02. The third-order valence-electron chi connectivity index (χ3n) is 4.12. The smallest absolute Gasteiger partial charge is 0.301 e. The second-order valence-electron chi connectivity index (χ2n) is 5.68. The van der Waals surface area contributed by atoms with E-state index in [-0.39, 0.29) is 6.04 Å². The van der Waals surface area contributed by atoms with Crippen LogP contribution in [0.15, 0.2) is 24.3 Å². The lowest BCUT2D eigenvalue weighted by Gasteiger charge is -2.30. The highest BCUT2D eigenvalue weighted by Crippen LogP contribution is 2.27. The van der Waals surface area contributed by atoms with E-state index in [0.717, 1.165) is 25.7 Å². The van der Waals surface area contributed by atoms with Crippen molar-refractivity contribution in [1.82, 2.24) is 4.31 Å². The Balaban J connectivity index is 2.17. The number of nitrogens with one attached hydrogen (secondary N) is 1. The number of para-hydroxylation sites is 1. The van der Waals surface area contributed by atoms with Gasteiger partial charge in [0.05, 0.1) is 11.8 Å². The number of nitrogens with zero attached hydrogens (tertiary/aromatic N) is 1. The van der Waals surface area contributed by atoms with E-state index < -0.39 is 16.3 Å². The van der Waals surface area contributed by atoms with Crippen molar-refractivity contribution in [3.8, 4) is 0 Å². The summed E-state index contributed by atoms with van der Waals surface area (Å²) < 4.78 is 29.1. The molecule has 6 heteroatoms. The molecule has 0 spiro atoms. The SMILES string of the molecule is CC(O)c1ccccc1NS(=O)(=O)N(C)C1CCCCC1. The van der Waals surface area contributed by atoms with Gasteiger partial charge >= 0.3 is 10.2 Å². The summed E-state index contributed by atoms with van der Waals surface area (Å²) in [6.07, 6.45) is 4.45. The molecule has 118 valence electrons. The van der Waals surface area contributed by atoms with E-state index in [2.05, 4.69) is 4.72 Å². The Kier molecular flexibility index (Phi) is 5.24. The van der Waals surface area contributed by atoms with Crippen LogP contribution in [0.5, 0.6) is 0 Å². The van der Waals surface area contributed by atoms with Gasteiger partial charge in [-0.05, 0) is 25.8 Å². The van der Waals surface area contributed by atoms with Gasteiger partial charge in [0.1, 0.15) is 0 Å². The van der Waals surface area contributed by atoms with Gasteiger partial charge in [0.25, 0.3) is 0 Å². The van der Waals surface area contributed by atoms with Crippen LogP contribution in [0.4, 0.5) is 5.69 Å². The maximum absolute atomic E-state index is 12.5. The van der Waals surface area contributed by atoms with Crippen molar-refractivity contribution in [2.45, 2.75) is 51.2 Å². The molecule has 2 N–H and O–H groups in total. The topological polar surface area (TPSA) is 69.6 Å². The van der Waals surface area contributed by atoms with E-state index >= 15 is 0 Å². The molecule has 0 radical (unpaired) electrons. The zero-order chi connectivity index (χ0) is 15.5. The van der Waals surface area contributed by atoms with Crippen molar-refractivity contribution in [2.24, 2.45) is 0 Å². The fourth-order valence-electron chi connectivity index (χ4n) is 2.81. The lowest BCUT2D eigenvalue weighted by molar-refractivity contribution is 0.200. The number of benzene rings is 1. The zero-order valence-corrected chi connectivity index (χ0v) is 13.4. The largest absolute Gasteiger partial charge is 0.389 e. The third kappa shape index (κ3) is 3.96. The van der Waals surface area contributed by atoms with Crippen molar-refractivity contribution >= 4 is 15.9 Å². The van der Waals surface area contributed by atoms with Gasteiger partial charge in [-0.3, -0.25) is 4.72 Å². The van der Waals surface area contributed by atoms with Crippen LogP contribution in [0.3, 0.4) is 0 Å². The van der Waals surface area contributed by atoms with Crippen LogP contribution < -0.4 is 4.72 Å². The van der Waals surface area contributed by atoms with Gasteiger partial charge in [-0.15, -0.1) is 0 Å². The molecule has 21 heavy (non-hydrogen) atoms. The Bertz CT molecular complexity index is 566. The summed E-state index contributed by atoms with van der Waals surface area (Å²) in [6.45, 7) is 1.62. The van der Waals surface area contributed by atoms with Crippen molar-refractivity contribution in [3.05, 3.63) is 29.8 Å². The summed E-state index contributed by atoms with van der Waals surface area (Å²) in [6, 6.07) is 7.00. The number of rotatable bonds is 5. The lowest BCUT2D eigenvalue weighted by atomic mass is 9.96. The molecule has 5 nitrogen and oxygen atoms in total. The first-order valence-corrected chi connectivity index (χ1v) is 8.88. The number of aliphatic hydroxyl groups excluding tert-OH is 1. The van der Waals surface area contributed by atoms with E-state index in [1.54, 1.807) is 38.2 Å². The minimum Gasteiger partial charge on any atom is -0.389 e. The fraction of sp³-hybridized carbons (Fsp3) is 0.600. The van der Waals surface area contributed by atoms with Crippen LogP contribution in [0.1, 0.15) is 50.7 Å². The minimum absolute atomic E-state index is 0.0648. The molecule has 1 aliphatic carbocycles. The predicted octanol–water partition coefficient (Wildman–Crippen LogP) is 2.66. The van der Waals surface area contributed by atoms with Crippen molar-refractivity contribution in [2.75, 3.05) is 11.8 Å². The molecule has 2 rings (SSSR count). The van der Waals surface area contributed by atoms with Crippen LogP contribution in [0, 0.1) is 0 Å². The molecule has 1 aliphatic rings. The molecule has 1 atom stereocenters. The highest BCUT2D eigenvalue weighted by atomic mass is 32.2. The standard InChI is InChI=1S/C15H24N2O3S/c1-12(18)14-10-6-7-11-15(14)16-21(19,20)17(2)13-8-4-3-5-9-13/h6-7,10-13,16,18H,3-5,8-9H2,1-2H3. The molecule has 1 saturated carbocycles. The van der Waals surface area contributed by atoms with Gasteiger partial charge < -0.3 is 5.11 Å². The second-order valence-corrected chi connectivity index (χ2v) is 7.41. The summed E-state index contributed by atoms with van der Waals surface area (Å²) in [5.74, 6) is 0. The van der Waals surface area contributed by atoms with E-state index in [9.17, 15) is 13.5 Å². The van der Waals surface area contributed by atoms with Gasteiger partial charge in [0, 0.05) is 18.7 Å².